The predicted octanol–water partition coefficient (Wildman–Crippen LogP) is 4.82. The first kappa shape index (κ1) is 18.3. The van der Waals surface area contributed by atoms with E-state index >= 15 is 0 Å². The number of hydrogen-bond donors (Lipinski definition) is 0. The van der Waals surface area contributed by atoms with Crippen molar-refractivity contribution in [3.05, 3.63) is 71.5 Å². The number of hydrogen-bond acceptors (Lipinski definition) is 4. The Kier molecular flexibility index (Phi) is 6.01. The molecule has 4 heteroatoms. The van der Waals surface area contributed by atoms with Crippen LogP contribution in [-0.4, -0.2) is 20.0 Å². The van der Waals surface area contributed by atoms with Crippen molar-refractivity contribution in [2.45, 2.75) is 13.8 Å². The molecular formula is C21H22O4. The first-order valence-electron chi connectivity index (χ1n) is 7.83. The molecule has 0 aromatic heterocycles. The van der Waals surface area contributed by atoms with Gasteiger partial charge in [-0.3, -0.25) is 4.79 Å². The van der Waals surface area contributed by atoms with E-state index in [1.807, 2.05) is 19.1 Å². The molecule has 0 aliphatic heterocycles. The summed E-state index contributed by atoms with van der Waals surface area (Å²) in [5.74, 6) is 2.46. The zero-order valence-corrected chi connectivity index (χ0v) is 15.0. The van der Waals surface area contributed by atoms with Crippen LogP contribution in [0, 0.1) is 6.92 Å². The lowest BCUT2D eigenvalue weighted by atomic mass is 10.1. The number of benzene rings is 2. The summed E-state index contributed by atoms with van der Waals surface area (Å²) >= 11 is 0. The highest BCUT2D eigenvalue weighted by Crippen LogP contribution is 2.33. The lowest BCUT2D eigenvalue weighted by Crippen LogP contribution is -1.97. The molecule has 4 nitrogen and oxygen atoms in total. The quantitative estimate of drug-likeness (QED) is 0.412. The minimum atomic E-state index is -0.118. The first-order chi connectivity index (χ1) is 12.0. The fraction of sp³-hybridized carbons (Fsp3) is 0.190. The van der Waals surface area contributed by atoms with E-state index < -0.39 is 0 Å². The molecule has 2 rings (SSSR count). The van der Waals surface area contributed by atoms with Crippen LogP contribution in [0.15, 0.2) is 54.8 Å². The summed E-state index contributed by atoms with van der Waals surface area (Å²) in [7, 11) is 3.19. The third-order valence-electron chi connectivity index (χ3n) is 3.61. The van der Waals surface area contributed by atoms with Crippen molar-refractivity contribution in [2.24, 2.45) is 0 Å². The SMILES string of the molecule is C=C(C)Oc1ccc(C(=O)C=Cc2c(OC)ccc(C)c2OC)cc1. The van der Waals surface area contributed by atoms with Gasteiger partial charge >= 0.3 is 0 Å². The highest BCUT2D eigenvalue weighted by atomic mass is 16.5. The molecule has 0 spiro atoms. The molecule has 0 aliphatic rings. The fourth-order valence-corrected chi connectivity index (χ4v) is 2.44. The number of ether oxygens (including phenoxy) is 3. The van der Waals surface area contributed by atoms with Crippen LogP contribution in [0.2, 0.25) is 0 Å². The van der Waals surface area contributed by atoms with E-state index in [0.717, 1.165) is 11.1 Å². The van der Waals surface area contributed by atoms with E-state index in [2.05, 4.69) is 6.58 Å². The number of carbonyl (C=O) groups excluding carboxylic acids is 1. The molecule has 2 aromatic carbocycles. The third kappa shape index (κ3) is 4.51. The number of carbonyl (C=O) groups is 1. The van der Waals surface area contributed by atoms with Gasteiger partial charge in [-0.15, -0.1) is 0 Å². The summed E-state index contributed by atoms with van der Waals surface area (Å²) in [5, 5.41) is 0. The Hall–Kier alpha value is -3.01. The van der Waals surface area contributed by atoms with Gasteiger partial charge in [0, 0.05) is 5.56 Å². The van der Waals surface area contributed by atoms with E-state index in [4.69, 9.17) is 14.2 Å². The Bertz CT molecular complexity index is 801. The normalized spacial score (nSPS) is 10.6. The standard InChI is InChI=1S/C21H22O4/c1-14(2)25-17-9-7-16(8-10-17)19(22)12-11-18-20(23-4)13-6-15(3)21(18)24-5/h6-13H,1H2,2-5H3. The number of rotatable bonds is 7. The predicted molar refractivity (Wildman–Crippen MR) is 99.5 cm³/mol. The smallest absolute Gasteiger partial charge is 0.185 e. The highest BCUT2D eigenvalue weighted by molar-refractivity contribution is 6.07. The van der Waals surface area contributed by atoms with Gasteiger partial charge in [-0.2, -0.15) is 0 Å². The van der Waals surface area contributed by atoms with Crippen molar-refractivity contribution >= 4 is 11.9 Å². The van der Waals surface area contributed by atoms with Gasteiger partial charge in [-0.1, -0.05) is 12.6 Å². The van der Waals surface area contributed by atoms with E-state index in [0.29, 0.717) is 28.6 Å². The molecule has 0 heterocycles. The molecular weight excluding hydrogens is 316 g/mol. The molecule has 0 unspecified atom stereocenters. The summed E-state index contributed by atoms with van der Waals surface area (Å²) in [6.45, 7) is 7.40. The monoisotopic (exact) mass is 338 g/mol. The Balaban J connectivity index is 2.26. The molecule has 0 fully saturated rings. The van der Waals surface area contributed by atoms with Crippen LogP contribution in [0.1, 0.15) is 28.4 Å². The van der Waals surface area contributed by atoms with Crippen LogP contribution in [-0.2, 0) is 0 Å². The van der Waals surface area contributed by atoms with Crippen LogP contribution in [0.25, 0.3) is 6.08 Å². The molecule has 0 bridgehead atoms. The van der Waals surface area contributed by atoms with Crippen LogP contribution < -0.4 is 14.2 Å². The van der Waals surface area contributed by atoms with Gasteiger partial charge in [0.15, 0.2) is 5.78 Å². The average molecular weight is 338 g/mol. The molecule has 0 saturated heterocycles. The van der Waals surface area contributed by atoms with Gasteiger partial charge in [0.05, 0.1) is 25.5 Å². The minimum absolute atomic E-state index is 0.118. The molecule has 25 heavy (non-hydrogen) atoms. The van der Waals surface area contributed by atoms with E-state index in [-0.39, 0.29) is 5.78 Å². The lowest BCUT2D eigenvalue weighted by Gasteiger charge is -2.12. The van der Waals surface area contributed by atoms with Gasteiger partial charge in [0.2, 0.25) is 0 Å². The van der Waals surface area contributed by atoms with E-state index in [9.17, 15) is 4.79 Å². The molecule has 0 radical (unpaired) electrons. The Morgan fingerprint density at radius 2 is 1.72 bits per heavy atom. The van der Waals surface area contributed by atoms with Crippen molar-refractivity contribution in [3.8, 4) is 17.2 Å². The van der Waals surface area contributed by atoms with Gasteiger partial charge < -0.3 is 14.2 Å². The average Bonchev–Trinajstić information content (AvgIpc) is 2.59. The maximum Gasteiger partial charge on any atom is 0.185 e. The molecule has 0 amide bonds. The van der Waals surface area contributed by atoms with Crippen molar-refractivity contribution in [2.75, 3.05) is 14.2 Å². The van der Waals surface area contributed by atoms with Crippen molar-refractivity contribution in [1.29, 1.82) is 0 Å². The topological polar surface area (TPSA) is 44.8 Å². The highest BCUT2D eigenvalue weighted by Gasteiger charge is 2.11. The Morgan fingerprint density at radius 3 is 2.28 bits per heavy atom. The molecule has 0 N–H and O–H groups in total. The van der Waals surface area contributed by atoms with E-state index in [1.54, 1.807) is 51.5 Å². The van der Waals surface area contributed by atoms with E-state index in [1.165, 1.54) is 6.08 Å². The largest absolute Gasteiger partial charge is 0.496 e. The third-order valence-corrected chi connectivity index (χ3v) is 3.61. The second-order valence-corrected chi connectivity index (χ2v) is 5.56. The maximum atomic E-state index is 12.4. The summed E-state index contributed by atoms with van der Waals surface area (Å²) in [6, 6.07) is 10.7. The second kappa shape index (κ2) is 8.20. The van der Waals surface area contributed by atoms with Crippen molar-refractivity contribution in [3.63, 3.8) is 0 Å². The van der Waals surface area contributed by atoms with Crippen molar-refractivity contribution in [1.82, 2.24) is 0 Å². The van der Waals surface area contributed by atoms with Gasteiger partial charge in [0.25, 0.3) is 0 Å². The first-order valence-corrected chi connectivity index (χ1v) is 7.83. The molecule has 130 valence electrons. The number of ketones is 1. The second-order valence-electron chi connectivity index (χ2n) is 5.56. The van der Waals surface area contributed by atoms with Crippen LogP contribution in [0.3, 0.4) is 0 Å². The molecule has 0 atom stereocenters. The number of allylic oxidation sites excluding steroid dienone is 2. The summed E-state index contributed by atoms with van der Waals surface area (Å²) < 4.78 is 16.2. The molecule has 2 aromatic rings. The lowest BCUT2D eigenvalue weighted by molar-refractivity contribution is 0.104. The minimum Gasteiger partial charge on any atom is -0.496 e. The van der Waals surface area contributed by atoms with Gasteiger partial charge in [-0.05, 0) is 61.9 Å². The molecule has 0 aliphatic carbocycles. The zero-order valence-electron chi connectivity index (χ0n) is 15.0. The van der Waals surface area contributed by atoms with Gasteiger partial charge in [-0.25, -0.2) is 0 Å². The Morgan fingerprint density at radius 1 is 1.04 bits per heavy atom. The fourth-order valence-electron chi connectivity index (χ4n) is 2.44. The van der Waals surface area contributed by atoms with Gasteiger partial charge in [0.1, 0.15) is 17.2 Å². The summed E-state index contributed by atoms with van der Waals surface area (Å²) in [4.78, 5) is 12.4. The summed E-state index contributed by atoms with van der Waals surface area (Å²) in [5.41, 5.74) is 2.27. The number of methoxy groups -OCH3 is 2. The zero-order chi connectivity index (χ0) is 18.4. The summed E-state index contributed by atoms with van der Waals surface area (Å²) in [6.07, 6.45) is 3.22. The van der Waals surface area contributed by atoms with Crippen LogP contribution >= 0.6 is 0 Å². The van der Waals surface area contributed by atoms with Crippen LogP contribution in [0.5, 0.6) is 17.2 Å². The Labute approximate surface area is 148 Å². The van der Waals surface area contributed by atoms with Crippen LogP contribution in [0.4, 0.5) is 0 Å². The number of aryl methyl sites for hydroxylation is 1. The molecule has 0 saturated carbocycles. The maximum absolute atomic E-state index is 12.4. The van der Waals surface area contributed by atoms with Crippen molar-refractivity contribution < 1.29 is 19.0 Å².